The van der Waals surface area contributed by atoms with Gasteiger partial charge in [0.1, 0.15) is 0 Å². The minimum absolute atomic E-state index is 0. The van der Waals surface area contributed by atoms with Crippen molar-refractivity contribution in [3.63, 3.8) is 0 Å². The van der Waals surface area contributed by atoms with Crippen LogP contribution in [0.1, 0.15) is 0 Å². The molecule has 0 amide bonds. The second kappa shape index (κ2) is 78.0. The zero-order valence-electron chi connectivity index (χ0n) is 2.01. The monoisotopic (exact) mass is 169 g/mol. The molecule has 0 rings (SSSR count). The third-order valence-electron chi connectivity index (χ3n) is 0. The van der Waals surface area contributed by atoms with Gasteiger partial charge in [-0.25, -0.2) is 0 Å². The van der Waals surface area contributed by atoms with Gasteiger partial charge in [0, 0.05) is 17.1 Å². The van der Waals surface area contributed by atoms with E-state index < -0.39 is 0 Å². The summed E-state index contributed by atoms with van der Waals surface area (Å²) in [7, 11) is 0. The summed E-state index contributed by atoms with van der Waals surface area (Å²) in [6, 6.07) is 0. The quantitative estimate of drug-likeness (QED) is 0.322. The summed E-state index contributed by atoms with van der Waals surface area (Å²) in [6.45, 7) is 0. The Morgan fingerprint density at radius 1 is 0.800 bits per heavy atom. The SMILES string of the molecule is Cl.Cl.OO.[Cu]. The van der Waals surface area contributed by atoms with Gasteiger partial charge in [-0.3, -0.25) is 10.5 Å². The average Bonchev–Trinajstić information content (AvgIpc) is 1.00. The molecule has 0 bridgehead atoms. The smallest absolute Gasteiger partial charge is 0 e. The van der Waals surface area contributed by atoms with Gasteiger partial charge in [-0.1, -0.05) is 0 Å². The fourth-order valence-electron chi connectivity index (χ4n) is 0. The molecule has 5 heteroatoms. The molecule has 0 unspecified atom stereocenters. The predicted octanol–water partition coefficient (Wildman–Crippen LogP) is 0.859. The largest absolute Gasteiger partial charge is 0.255 e. The van der Waals surface area contributed by atoms with Gasteiger partial charge in [-0.15, -0.1) is 24.8 Å². The van der Waals surface area contributed by atoms with Crippen molar-refractivity contribution in [1.82, 2.24) is 0 Å². The molecule has 0 aromatic carbocycles. The standard InChI is InChI=1S/2ClH.Cu.H2O2/c;;;1-2/h2*1H;;1-2H. The molecule has 0 spiro atoms. The van der Waals surface area contributed by atoms with E-state index in [4.69, 9.17) is 10.5 Å². The molecular formula is H4Cl2CuO2. The molecule has 0 heterocycles. The normalized spacial score (nSPS) is 1.20. The van der Waals surface area contributed by atoms with Crippen LogP contribution < -0.4 is 0 Å². The van der Waals surface area contributed by atoms with Gasteiger partial charge in [-0.05, 0) is 0 Å². The third-order valence-corrected chi connectivity index (χ3v) is 0. The van der Waals surface area contributed by atoms with Crippen LogP contribution >= 0.6 is 24.8 Å². The Kier molecular flexibility index (Phi) is 580. The van der Waals surface area contributed by atoms with E-state index >= 15 is 0 Å². The Morgan fingerprint density at radius 2 is 0.800 bits per heavy atom. The van der Waals surface area contributed by atoms with Gasteiger partial charge in [0.05, 0.1) is 0 Å². The van der Waals surface area contributed by atoms with Crippen LogP contribution in [-0.4, -0.2) is 10.5 Å². The molecule has 5 heavy (non-hydrogen) atoms. The number of rotatable bonds is 0. The zero-order valence-corrected chi connectivity index (χ0v) is 4.59. The molecule has 0 fully saturated rings. The predicted molar refractivity (Wildman–Crippen MR) is 19.8 cm³/mol. The van der Waals surface area contributed by atoms with Crippen LogP contribution in [0.3, 0.4) is 0 Å². The maximum absolute atomic E-state index is 6.00. The van der Waals surface area contributed by atoms with Gasteiger partial charge >= 0.3 is 0 Å². The number of halogens is 2. The van der Waals surface area contributed by atoms with Crippen LogP contribution in [0.5, 0.6) is 0 Å². The van der Waals surface area contributed by atoms with Crippen LogP contribution in [0.25, 0.3) is 0 Å². The molecule has 0 atom stereocenters. The zero-order chi connectivity index (χ0) is 2.00. The second-order valence-corrected chi connectivity index (χ2v) is 0. The first-order valence-corrected chi connectivity index (χ1v) is 0.200. The van der Waals surface area contributed by atoms with E-state index in [0.29, 0.717) is 0 Å². The molecule has 1 radical (unpaired) electrons. The molecule has 41 valence electrons. The Balaban J connectivity index is -0.00000000167. The van der Waals surface area contributed by atoms with Gasteiger partial charge in [0.25, 0.3) is 0 Å². The van der Waals surface area contributed by atoms with Crippen molar-refractivity contribution in [2.45, 2.75) is 0 Å². The summed E-state index contributed by atoms with van der Waals surface area (Å²) in [5.41, 5.74) is 0. The first-order valence-electron chi connectivity index (χ1n) is 0.200. The minimum atomic E-state index is 0. The second-order valence-electron chi connectivity index (χ2n) is 0. The maximum Gasteiger partial charge on any atom is 0 e. The van der Waals surface area contributed by atoms with Crippen molar-refractivity contribution in [2.24, 2.45) is 0 Å². The van der Waals surface area contributed by atoms with E-state index in [1.54, 1.807) is 0 Å². The Bertz CT molecular complexity index is 7.61. The Morgan fingerprint density at radius 3 is 0.800 bits per heavy atom. The summed E-state index contributed by atoms with van der Waals surface area (Å²) in [4.78, 5) is 0. The molecule has 0 aromatic heterocycles. The van der Waals surface area contributed by atoms with Gasteiger partial charge < -0.3 is 0 Å². The molecule has 2 nitrogen and oxygen atoms in total. The minimum Gasteiger partial charge on any atom is -0.255 e. The summed E-state index contributed by atoms with van der Waals surface area (Å²) in [5, 5.41) is 12.0. The van der Waals surface area contributed by atoms with Crippen molar-refractivity contribution in [2.75, 3.05) is 0 Å². The van der Waals surface area contributed by atoms with E-state index in [0.717, 1.165) is 0 Å². The van der Waals surface area contributed by atoms with Gasteiger partial charge in [0.2, 0.25) is 0 Å². The summed E-state index contributed by atoms with van der Waals surface area (Å²) < 4.78 is 0. The molecule has 0 saturated carbocycles. The van der Waals surface area contributed by atoms with Crippen LogP contribution in [0.4, 0.5) is 0 Å². The molecular weight excluding hydrogens is 166 g/mol. The first kappa shape index (κ1) is 37.2. The summed E-state index contributed by atoms with van der Waals surface area (Å²) in [6.07, 6.45) is 0. The van der Waals surface area contributed by atoms with Crippen LogP contribution in [0.2, 0.25) is 0 Å². The van der Waals surface area contributed by atoms with Crippen molar-refractivity contribution in [3.8, 4) is 0 Å². The molecule has 2 N–H and O–H groups in total. The van der Waals surface area contributed by atoms with E-state index in [1.807, 2.05) is 0 Å². The maximum atomic E-state index is 6.00. The topological polar surface area (TPSA) is 40.5 Å². The van der Waals surface area contributed by atoms with Crippen molar-refractivity contribution >= 4 is 24.8 Å². The first-order chi connectivity index (χ1) is 1.00. The average molecular weight is 170 g/mol. The molecule has 0 aliphatic heterocycles. The van der Waals surface area contributed by atoms with Gasteiger partial charge in [0.15, 0.2) is 0 Å². The van der Waals surface area contributed by atoms with Crippen molar-refractivity contribution in [3.05, 3.63) is 0 Å². The number of hydrogen-bond acceptors (Lipinski definition) is 2. The van der Waals surface area contributed by atoms with Gasteiger partial charge in [-0.2, -0.15) is 0 Å². The van der Waals surface area contributed by atoms with E-state index in [2.05, 4.69) is 0 Å². The fourth-order valence-corrected chi connectivity index (χ4v) is 0. The molecule has 0 aromatic rings. The van der Waals surface area contributed by atoms with Crippen molar-refractivity contribution in [1.29, 1.82) is 0 Å². The van der Waals surface area contributed by atoms with Crippen LogP contribution in [-0.2, 0) is 17.1 Å². The summed E-state index contributed by atoms with van der Waals surface area (Å²) >= 11 is 0. The third kappa shape index (κ3) is 44.0. The fraction of sp³-hybridized carbons (Fsp3) is 0. The molecule has 0 saturated heterocycles. The number of hydrogen-bond donors (Lipinski definition) is 2. The van der Waals surface area contributed by atoms with Crippen molar-refractivity contribution < 1.29 is 27.6 Å². The molecule has 0 aliphatic rings. The molecule has 0 aliphatic carbocycles. The van der Waals surface area contributed by atoms with E-state index in [9.17, 15) is 0 Å². The van der Waals surface area contributed by atoms with E-state index in [-0.39, 0.29) is 41.9 Å². The summed E-state index contributed by atoms with van der Waals surface area (Å²) in [5.74, 6) is 0. The Labute approximate surface area is 52.8 Å². The van der Waals surface area contributed by atoms with E-state index in [1.165, 1.54) is 0 Å². The van der Waals surface area contributed by atoms with Crippen LogP contribution in [0, 0.1) is 0 Å². The Hall–Kier alpha value is 1.02. The van der Waals surface area contributed by atoms with Crippen LogP contribution in [0.15, 0.2) is 0 Å².